The molecule has 0 unspecified atom stereocenters. The molecule has 0 aliphatic rings. The third-order valence-corrected chi connectivity index (χ3v) is 2.49. The van der Waals surface area contributed by atoms with Crippen LogP contribution in [0.1, 0.15) is 35.3 Å². The van der Waals surface area contributed by atoms with Crippen LogP contribution in [0.25, 0.3) is 0 Å². The molecule has 0 N–H and O–H groups in total. The highest BCUT2D eigenvalue weighted by Gasteiger charge is 2.14. The lowest BCUT2D eigenvalue weighted by Crippen LogP contribution is -2.06. The zero-order valence-corrected chi connectivity index (χ0v) is 10.2. The fraction of sp³-hybridized carbons (Fsp3) is 0.333. The summed E-state index contributed by atoms with van der Waals surface area (Å²) < 4.78 is 4.94. The summed E-state index contributed by atoms with van der Waals surface area (Å²) in [7, 11) is 0. The quantitative estimate of drug-likeness (QED) is 0.464. The molecule has 1 rings (SSSR count). The maximum absolute atomic E-state index is 11.2. The van der Waals surface area contributed by atoms with Gasteiger partial charge in [-0.3, -0.25) is 9.59 Å². The largest absolute Gasteiger partial charge is 0.426 e. The van der Waals surface area contributed by atoms with Crippen molar-refractivity contribution in [3.63, 3.8) is 0 Å². The zero-order chi connectivity index (χ0) is 12.3. The first-order chi connectivity index (χ1) is 7.45. The second-order valence-electron chi connectivity index (χ2n) is 3.50. The van der Waals surface area contributed by atoms with Crippen LogP contribution in [0.15, 0.2) is 12.1 Å². The normalized spacial score (nSPS) is 10.0. The van der Waals surface area contributed by atoms with Crippen molar-refractivity contribution in [2.75, 3.05) is 0 Å². The Balaban J connectivity index is 3.30. The molecule has 0 spiro atoms. The van der Waals surface area contributed by atoms with Crippen LogP contribution in [-0.4, -0.2) is 11.2 Å². The molecule has 0 bridgehead atoms. The number of ether oxygens (including phenoxy) is 1. The first-order valence-corrected chi connectivity index (χ1v) is 5.35. The van der Waals surface area contributed by atoms with E-state index in [2.05, 4.69) is 0 Å². The Labute approximate surface area is 99.4 Å². The number of rotatable bonds is 3. The van der Waals surface area contributed by atoms with E-state index in [1.165, 1.54) is 6.92 Å². The van der Waals surface area contributed by atoms with Crippen molar-refractivity contribution in [1.29, 1.82) is 0 Å². The Morgan fingerprint density at radius 3 is 2.44 bits per heavy atom. The Kier molecular flexibility index (Phi) is 4.07. The van der Waals surface area contributed by atoms with E-state index in [9.17, 15) is 9.59 Å². The molecule has 0 heterocycles. The van der Waals surface area contributed by atoms with Crippen LogP contribution in [0.4, 0.5) is 0 Å². The topological polar surface area (TPSA) is 43.4 Å². The fourth-order valence-corrected chi connectivity index (χ4v) is 1.65. The molecule has 0 saturated carbocycles. The molecule has 1 aromatic carbocycles. The predicted molar refractivity (Wildman–Crippen MR) is 62.0 cm³/mol. The molecule has 0 aromatic heterocycles. The number of esters is 1. The van der Waals surface area contributed by atoms with E-state index < -0.39 is 11.2 Å². The Hall–Kier alpha value is -1.35. The Morgan fingerprint density at radius 1 is 1.38 bits per heavy atom. The van der Waals surface area contributed by atoms with Crippen LogP contribution in [0, 0.1) is 6.92 Å². The Morgan fingerprint density at radius 2 is 2.00 bits per heavy atom. The number of hydrogen-bond donors (Lipinski definition) is 0. The second-order valence-corrected chi connectivity index (χ2v) is 3.84. The van der Waals surface area contributed by atoms with Crippen molar-refractivity contribution in [3.8, 4) is 5.75 Å². The predicted octanol–water partition coefficient (Wildman–Crippen LogP) is 2.86. The van der Waals surface area contributed by atoms with Crippen LogP contribution < -0.4 is 4.74 Å². The van der Waals surface area contributed by atoms with Crippen molar-refractivity contribution in [1.82, 2.24) is 0 Å². The molecule has 0 aliphatic heterocycles. The third-order valence-electron chi connectivity index (χ3n) is 2.28. The smallest absolute Gasteiger partial charge is 0.308 e. The van der Waals surface area contributed by atoms with Gasteiger partial charge in [-0.25, -0.2) is 0 Å². The van der Waals surface area contributed by atoms with Gasteiger partial charge in [-0.05, 0) is 48.2 Å². The van der Waals surface area contributed by atoms with Gasteiger partial charge < -0.3 is 4.74 Å². The van der Waals surface area contributed by atoms with Gasteiger partial charge in [0.05, 0.1) is 5.56 Å². The minimum Gasteiger partial charge on any atom is -0.426 e. The van der Waals surface area contributed by atoms with Gasteiger partial charge in [0.1, 0.15) is 5.75 Å². The first-order valence-electron chi connectivity index (χ1n) is 4.97. The van der Waals surface area contributed by atoms with Crippen molar-refractivity contribution < 1.29 is 14.3 Å². The third kappa shape index (κ3) is 2.83. The van der Waals surface area contributed by atoms with Gasteiger partial charge in [0.15, 0.2) is 0 Å². The maximum Gasteiger partial charge on any atom is 0.308 e. The highest BCUT2D eigenvalue weighted by Crippen LogP contribution is 2.25. The molecule has 0 amide bonds. The van der Waals surface area contributed by atoms with Gasteiger partial charge in [0, 0.05) is 6.92 Å². The average Bonchev–Trinajstić information content (AvgIpc) is 2.16. The van der Waals surface area contributed by atoms with E-state index in [1.807, 2.05) is 13.8 Å². The van der Waals surface area contributed by atoms with E-state index in [0.29, 0.717) is 0 Å². The number of carbonyl (C=O) groups excluding carboxylic acids is 2. The lowest BCUT2D eigenvalue weighted by atomic mass is 10.0. The van der Waals surface area contributed by atoms with Crippen molar-refractivity contribution >= 4 is 22.8 Å². The van der Waals surface area contributed by atoms with Crippen LogP contribution in [0.2, 0.25) is 0 Å². The molecule has 3 nitrogen and oxygen atoms in total. The number of aryl methyl sites for hydroxylation is 2. The molecular formula is C12H13ClO3. The molecule has 0 radical (unpaired) electrons. The standard InChI is InChI=1S/C12H13ClO3/c1-4-9-6-10(12(13)15)11(5-7(9)2)16-8(3)14/h5-6H,4H2,1-3H3. The highest BCUT2D eigenvalue weighted by molar-refractivity contribution is 6.68. The summed E-state index contributed by atoms with van der Waals surface area (Å²) in [6.45, 7) is 5.16. The minimum atomic E-state index is -0.619. The van der Waals surface area contributed by atoms with Crippen LogP contribution >= 0.6 is 11.6 Å². The second kappa shape index (κ2) is 5.12. The lowest BCUT2D eigenvalue weighted by Gasteiger charge is -2.10. The van der Waals surface area contributed by atoms with Gasteiger partial charge in [-0.2, -0.15) is 0 Å². The average molecular weight is 241 g/mol. The number of halogens is 1. The molecule has 1 aromatic rings. The van der Waals surface area contributed by atoms with E-state index in [1.54, 1.807) is 12.1 Å². The van der Waals surface area contributed by atoms with Crippen LogP contribution in [0.3, 0.4) is 0 Å². The molecule has 16 heavy (non-hydrogen) atoms. The molecule has 0 atom stereocenters. The first kappa shape index (κ1) is 12.7. The summed E-state index contributed by atoms with van der Waals surface area (Å²) in [5, 5.41) is -0.619. The summed E-state index contributed by atoms with van der Waals surface area (Å²) >= 11 is 5.44. The van der Waals surface area contributed by atoms with Gasteiger partial charge in [0.25, 0.3) is 5.24 Å². The SMILES string of the molecule is CCc1cc(C(=O)Cl)c(OC(C)=O)cc1C. The summed E-state index contributed by atoms with van der Waals surface area (Å²) in [5.41, 5.74) is 2.22. The number of hydrogen-bond acceptors (Lipinski definition) is 3. The van der Waals surface area contributed by atoms with Gasteiger partial charge in [-0.15, -0.1) is 0 Å². The van der Waals surface area contributed by atoms with Crippen molar-refractivity contribution in [2.24, 2.45) is 0 Å². The van der Waals surface area contributed by atoms with Crippen molar-refractivity contribution in [2.45, 2.75) is 27.2 Å². The fourth-order valence-electron chi connectivity index (χ4n) is 1.50. The van der Waals surface area contributed by atoms with E-state index in [4.69, 9.17) is 16.3 Å². The van der Waals surface area contributed by atoms with Gasteiger partial charge >= 0.3 is 5.97 Å². The molecular weight excluding hydrogens is 228 g/mol. The van der Waals surface area contributed by atoms with E-state index >= 15 is 0 Å². The summed E-state index contributed by atoms with van der Waals surface area (Å²) in [6.07, 6.45) is 0.795. The van der Waals surface area contributed by atoms with Crippen LogP contribution in [0.5, 0.6) is 5.75 Å². The van der Waals surface area contributed by atoms with Crippen LogP contribution in [-0.2, 0) is 11.2 Å². The lowest BCUT2D eigenvalue weighted by molar-refractivity contribution is -0.131. The van der Waals surface area contributed by atoms with Crippen molar-refractivity contribution in [3.05, 3.63) is 28.8 Å². The maximum atomic E-state index is 11.2. The molecule has 0 saturated heterocycles. The summed E-state index contributed by atoms with van der Waals surface area (Å²) in [5.74, 6) is -0.245. The molecule has 0 aliphatic carbocycles. The number of carbonyl (C=O) groups is 2. The highest BCUT2D eigenvalue weighted by atomic mass is 35.5. The van der Waals surface area contributed by atoms with Gasteiger partial charge in [-0.1, -0.05) is 6.92 Å². The van der Waals surface area contributed by atoms with E-state index in [-0.39, 0.29) is 11.3 Å². The molecule has 86 valence electrons. The summed E-state index contributed by atoms with van der Waals surface area (Å²) in [6, 6.07) is 3.33. The van der Waals surface area contributed by atoms with E-state index in [0.717, 1.165) is 17.5 Å². The minimum absolute atomic E-state index is 0.224. The molecule has 4 heteroatoms. The Bertz CT molecular complexity index is 438. The summed E-state index contributed by atoms with van der Waals surface area (Å²) in [4.78, 5) is 22.1. The van der Waals surface area contributed by atoms with Gasteiger partial charge in [0.2, 0.25) is 0 Å². The number of benzene rings is 1. The monoisotopic (exact) mass is 240 g/mol. The molecule has 0 fully saturated rings. The zero-order valence-electron chi connectivity index (χ0n) is 9.46.